The molecule has 0 fully saturated rings. The van der Waals surface area contributed by atoms with Crippen LogP contribution in [-0.4, -0.2) is 21.5 Å². The maximum Gasteiger partial charge on any atom is 0.419 e. The highest BCUT2D eigenvalue weighted by Crippen LogP contribution is 2.35. The predicted octanol–water partition coefficient (Wildman–Crippen LogP) is 4.61. The van der Waals surface area contributed by atoms with Crippen molar-refractivity contribution in [2.75, 3.05) is 17.6 Å². The fourth-order valence-electron chi connectivity index (χ4n) is 2.65. The number of alkyl halides is 3. The van der Waals surface area contributed by atoms with Crippen LogP contribution in [-0.2, 0) is 12.6 Å². The molecular weight excluding hydrogens is 391 g/mol. The average Bonchev–Trinajstić information content (AvgIpc) is 2.65. The number of pyridine rings is 1. The van der Waals surface area contributed by atoms with Crippen LogP contribution in [0.1, 0.15) is 17.5 Å². The van der Waals surface area contributed by atoms with E-state index in [1.165, 1.54) is 24.5 Å². The zero-order chi connectivity index (χ0) is 19.3. The van der Waals surface area contributed by atoms with Gasteiger partial charge in [-0.2, -0.15) is 13.2 Å². The van der Waals surface area contributed by atoms with Crippen LogP contribution in [0.2, 0.25) is 0 Å². The van der Waals surface area contributed by atoms with Gasteiger partial charge in [0.05, 0.1) is 5.69 Å². The number of nitrogen functional groups attached to an aromatic ring is 1. The van der Waals surface area contributed by atoms with E-state index in [4.69, 9.17) is 5.73 Å². The number of aryl methyl sites for hydroxylation is 1. The molecule has 0 unspecified atom stereocenters. The SMILES string of the molecule is Cl.Nc1cccc(CCCNc2ncc(C(F)(F)F)c(-c3ccncc3)n2)c1. The van der Waals surface area contributed by atoms with Gasteiger partial charge in [-0.1, -0.05) is 12.1 Å². The molecule has 28 heavy (non-hydrogen) atoms. The van der Waals surface area contributed by atoms with Crippen molar-refractivity contribution in [2.24, 2.45) is 0 Å². The fourth-order valence-corrected chi connectivity index (χ4v) is 2.65. The van der Waals surface area contributed by atoms with E-state index in [0.29, 0.717) is 17.8 Å². The molecule has 148 valence electrons. The Hall–Kier alpha value is -2.87. The number of aromatic nitrogens is 3. The standard InChI is InChI=1S/C19H18F3N5.ClH/c20-19(21,22)16-12-26-18(27-17(16)14-6-9-24-10-7-14)25-8-2-4-13-3-1-5-15(23)11-13;/h1,3,5-7,9-12H,2,4,8,23H2,(H,25,26,27);1H. The van der Waals surface area contributed by atoms with Gasteiger partial charge in [0.2, 0.25) is 5.95 Å². The molecule has 0 aliphatic carbocycles. The number of rotatable bonds is 6. The molecule has 0 saturated carbocycles. The first-order valence-corrected chi connectivity index (χ1v) is 8.36. The smallest absolute Gasteiger partial charge is 0.399 e. The van der Waals surface area contributed by atoms with Crippen LogP contribution in [0.3, 0.4) is 0 Å². The maximum atomic E-state index is 13.3. The quantitative estimate of drug-likeness (QED) is 0.459. The molecule has 0 aliphatic heterocycles. The largest absolute Gasteiger partial charge is 0.419 e. The lowest BCUT2D eigenvalue weighted by molar-refractivity contribution is -0.137. The van der Waals surface area contributed by atoms with Crippen LogP contribution in [0.25, 0.3) is 11.3 Å². The monoisotopic (exact) mass is 409 g/mol. The van der Waals surface area contributed by atoms with Gasteiger partial charge in [-0.3, -0.25) is 4.98 Å². The molecule has 0 atom stereocenters. The molecule has 0 spiro atoms. The van der Waals surface area contributed by atoms with Crippen LogP contribution in [0.15, 0.2) is 55.0 Å². The summed E-state index contributed by atoms with van der Waals surface area (Å²) in [6.07, 6.45) is 0.675. The van der Waals surface area contributed by atoms with Crippen LogP contribution in [0.5, 0.6) is 0 Å². The van der Waals surface area contributed by atoms with Gasteiger partial charge in [0.1, 0.15) is 5.56 Å². The first kappa shape index (κ1) is 21.4. The summed E-state index contributed by atoms with van der Waals surface area (Å²) in [5.41, 5.74) is 6.84. The van der Waals surface area contributed by atoms with Crippen LogP contribution in [0.4, 0.5) is 24.8 Å². The lowest BCUT2D eigenvalue weighted by Crippen LogP contribution is -2.13. The second-order valence-electron chi connectivity index (χ2n) is 5.96. The number of halogens is 4. The van der Waals surface area contributed by atoms with Crippen molar-refractivity contribution in [3.63, 3.8) is 0 Å². The summed E-state index contributed by atoms with van der Waals surface area (Å²) in [6, 6.07) is 10.6. The zero-order valence-corrected chi connectivity index (χ0v) is 15.6. The summed E-state index contributed by atoms with van der Waals surface area (Å²) in [5.74, 6) is 0.155. The molecule has 5 nitrogen and oxygen atoms in total. The molecule has 0 aliphatic rings. The zero-order valence-electron chi connectivity index (χ0n) is 14.8. The van der Waals surface area contributed by atoms with Crippen molar-refractivity contribution in [2.45, 2.75) is 19.0 Å². The Bertz CT molecular complexity index is 904. The predicted molar refractivity (Wildman–Crippen MR) is 105 cm³/mol. The van der Waals surface area contributed by atoms with Crippen molar-refractivity contribution in [3.05, 3.63) is 66.1 Å². The van der Waals surface area contributed by atoms with Gasteiger partial charge in [-0.05, 0) is 42.7 Å². The van der Waals surface area contributed by atoms with Crippen LogP contribution in [0, 0.1) is 0 Å². The van der Waals surface area contributed by atoms with Gasteiger partial charge in [0.25, 0.3) is 0 Å². The summed E-state index contributed by atoms with van der Waals surface area (Å²) in [5, 5.41) is 2.98. The molecule has 3 aromatic rings. The number of hydrogen-bond acceptors (Lipinski definition) is 5. The molecule has 2 aromatic heterocycles. The minimum absolute atomic E-state index is 0. The van der Waals surface area contributed by atoms with Gasteiger partial charge < -0.3 is 11.1 Å². The Morgan fingerprint density at radius 2 is 1.82 bits per heavy atom. The Morgan fingerprint density at radius 3 is 2.50 bits per heavy atom. The number of nitrogens with two attached hydrogens (primary N) is 1. The highest BCUT2D eigenvalue weighted by Gasteiger charge is 2.35. The molecule has 3 N–H and O–H groups in total. The van der Waals surface area contributed by atoms with E-state index in [2.05, 4.69) is 20.3 Å². The minimum Gasteiger partial charge on any atom is -0.399 e. The number of nitrogens with zero attached hydrogens (tertiary/aromatic N) is 3. The lowest BCUT2D eigenvalue weighted by atomic mass is 10.1. The van der Waals surface area contributed by atoms with Gasteiger partial charge in [-0.15, -0.1) is 12.4 Å². The second-order valence-corrected chi connectivity index (χ2v) is 5.96. The van der Waals surface area contributed by atoms with E-state index in [9.17, 15) is 13.2 Å². The third-order valence-corrected chi connectivity index (χ3v) is 3.92. The Balaban J connectivity index is 0.00000280. The van der Waals surface area contributed by atoms with Gasteiger partial charge in [0, 0.05) is 36.4 Å². The Labute approximate surface area is 166 Å². The summed E-state index contributed by atoms with van der Waals surface area (Å²) in [7, 11) is 0. The topological polar surface area (TPSA) is 76.7 Å². The van der Waals surface area contributed by atoms with Crippen LogP contribution < -0.4 is 11.1 Å². The fraction of sp³-hybridized carbons (Fsp3) is 0.211. The van der Waals surface area contributed by atoms with Gasteiger partial charge >= 0.3 is 6.18 Å². The molecule has 0 amide bonds. The van der Waals surface area contributed by atoms with E-state index < -0.39 is 11.7 Å². The highest BCUT2D eigenvalue weighted by molar-refractivity contribution is 5.85. The Kier molecular flexibility index (Phi) is 7.17. The number of anilines is 2. The normalized spacial score (nSPS) is 11.0. The maximum absolute atomic E-state index is 13.3. The number of nitrogens with one attached hydrogen (secondary N) is 1. The average molecular weight is 410 g/mol. The summed E-state index contributed by atoms with van der Waals surface area (Å²) in [4.78, 5) is 11.7. The second kappa shape index (κ2) is 9.36. The number of benzene rings is 1. The van der Waals surface area contributed by atoms with Crippen molar-refractivity contribution >= 4 is 24.0 Å². The molecule has 0 bridgehead atoms. The molecule has 1 aromatic carbocycles. The van der Waals surface area contributed by atoms with E-state index in [0.717, 1.165) is 24.6 Å². The number of hydrogen-bond donors (Lipinski definition) is 2. The van der Waals surface area contributed by atoms with Crippen LogP contribution >= 0.6 is 12.4 Å². The van der Waals surface area contributed by atoms with Gasteiger partial charge in [0.15, 0.2) is 0 Å². The van der Waals surface area contributed by atoms with E-state index in [-0.39, 0.29) is 24.0 Å². The third-order valence-electron chi connectivity index (χ3n) is 3.92. The lowest BCUT2D eigenvalue weighted by Gasteiger charge is -2.13. The van der Waals surface area contributed by atoms with Crippen molar-refractivity contribution in [1.29, 1.82) is 0 Å². The molecule has 0 saturated heterocycles. The van der Waals surface area contributed by atoms with E-state index in [1.54, 1.807) is 0 Å². The molecule has 3 rings (SSSR count). The van der Waals surface area contributed by atoms with Crippen molar-refractivity contribution < 1.29 is 13.2 Å². The van der Waals surface area contributed by atoms with Gasteiger partial charge in [-0.25, -0.2) is 9.97 Å². The molecule has 0 radical (unpaired) electrons. The Morgan fingerprint density at radius 1 is 1.07 bits per heavy atom. The first-order chi connectivity index (χ1) is 12.9. The summed E-state index contributed by atoms with van der Waals surface area (Å²) < 4.78 is 39.8. The summed E-state index contributed by atoms with van der Waals surface area (Å²) in [6.45, 7) is 0.524. The highest BCUT2D eigenvalue weighted by atomic mass is 35.5. The van der Waals surface area contributed by atoms with E-state index >= 15 is 0 Å². The minimum atomic E-state index is -4.54. The first-order valence-electron chi connectivity index (χ1n) is 8.36. The summed E-state index contributed by atoms with van der Waals surface area (Å²) >= 11 is 0. The van der Waals surface area contributed by atoms with E-state index in [1.807, 2.05) is 24.3 Å². The third kappa shape index (κ3) is 5.56. The molecule has 2 heterocycles. The molecular formula is C19H19ClF3N5. The van der Waals surface area contributed by atoms with Crippen molar-refractivity contribution in [1.82, 2.24) is 15.0 Å². The molecule has 9 heteroatoms. The van der Waals surface area contributed by atoms with Crippen molar-refractivity contribution in [3.8, 4) is 11.3 Å².